The summed E-state index contributed by atoms with van der Waals surface area (Å²) >= 11 is 0. The monoisotopic (exact) mass is 503 g/mol. The SMILES string of the molecule is CN=C(NCC1CCN(CC(F)(F)F)C1)N1CCC(N2CCCCC2)C1.I. The summed E-state index contributed by atoms with van der Waals surface area (Å²) in [5.74, 6) is 1.16. The van der Waals surface area contributed by atoms with Gasteiger partial charge in [-0.15, -0.1) is 24.0 Å². The van der Waals surface area contributed by atoms with Crippen molar-refractivity contribution in [3.63, 3.8) is 0 Å². The quantitative estimate of drug-likeness (QED) is 0.364. The first-order valence-electron chi connectivity index (χ1n) is 9.93. The molecule has 0 bridgehead atoms. The van der Waals surface area contributed by atoms with E-state index in [2.05, 4.69) is 20.1 Å². The highest BCUT2D eigenvalue weighted by atomic mass is 127. The van der Waals surface area contributed by atoms with Crippen LogP contribution in [0.1, 0.15) is 32.1 Å². The Labute approximate surface area is 177 Å². The largest absolute Gasteiger partial charge is 0.401 e. The molecule has 3 rings (SSSR count). The normalized spacial score (nSPS) is 28.4. The van der Waals surface area contributed by atoms with Crippen LogP contribution in [0.5, 0.6) is 0 Å². The molecule has 158 valence electrons. The van der Waals surface area contributed by atoms with E-state index in [0.717, 1.165) is 25.5 Å². The molecule has 0 amide bonds. The predicted molar refractivity (Wildman–Crippen MR) is 113 cm³/mol. The number of piperidine rings is 1. The van der Waals surface area contributed by atoms with Crippen LogP contribution in [0.15, 0.2) is 4.99 Å². The smallest absolute Gasteiger partial charge is 0.356 e. The Hall–Kier alpha value is -0.290. The topological polar surface area (TPSA) is 34.1 Å². The van der Waals surface area contributed by atoms with Gasteiger partial charge in [0.1, 0.15) is 0 Å². The third-order valence-corrected chi connectivity index (χ3v) is 5.90. The summed E-state index contributed by atoms with van der Waals surface area (Å²) < 4.78 is 37.5. The van der Waals surface area contributed by atoms with Gasteiger partial charge in [-0.3, -0.25) is 14.8 Å². The van der Waals surface area contributed by atoms with Crippen molar-refractivity contribution < 1.29 is 13.2 Å². The van der Waals surface area contributed by atoms with Gasteiger partial charge in [0.2, 0.25) is 0 Å². The summed E-state index contributed by atoms with van der Waals surface area (Å²) in [6.07, 6.45) is 1.85. The molecule has 0 spiro atoms. The molecule has 0 aromatic rings. The molecule has 3 aliphatic heterocycles. The lowest BCUT2D eigenvalue weighted by atomic mass is 10.1. The number of rotatable bonds is 4. The second-order valence-corrected chi connectivity index (χ2v) is 7.92. The lowest BCUT2D eigenvalue weighted by Gasteiger charge is -2.32. The van der Waals surface area contributed by atoms with Crippen molar-refractivity contribution in [1.29, 1.82) is 0 Å². The van der Waals surface area contributed by atoms with E-state index in [0.29, 0.717) is 25.7 Å². The number of alkyl halides is 3. The Kier molecular flexibility index (Phi) is 8.92. The first kappa shape index (κ1) is 23.0. The molecule has 3 saturated heterocycles. The van der Waals surface area contributed by atoms with Crippen LogP contribution in [-0.2, 0) is 0 Å². The molecule has 1 N–H and O–H groups in total. The minimum atomic E-state index is -4.10. The Morgan fingerprint density at radius 1 is 1.04 bits per heavy atom. The number of nitrogens with one attached hydrogen (secondary N) is 1. The first-order valence-corrected chi connectivity index (χ1v) is 9.93. The first-order chi connectivity index (χ1) is 12.4. The summed E-state index contributed by atoms with van der Waals surface area (Å²) in [6, 6.07) is 0.614. The van der Waals surface area contributed by atoms with Gasteiger partial charge >= 0.3 is 6.18 Å². The Morgan fingerprint density at radius 3 is 2.44 bits per heavy atom. The highest BCUT2D eigenvalue weighted by Crippen LogP contribution is 2.23. The fourth-order valence-electron chi connectivity index (χ4n) is 4.56. The van der Waals surface area contributed by atoms with Gasteiger partial charge < -0.3 is 10.2 Å². The van der Waals surface area contributed by atoms with Gasteiger partial charge in [-0.2, -0.15) is 13.2 Å². The van der Waals surface area contributed by atoms with Gasteiger partial charge in [-0.25, -0.2) is 0 Å². The molecule has 3 fully saturated rings. The summed E-state index contributed by atoms with van der Waals surface area (Å²) in [4.78, 5) is 10.8. The molecular formula is C18H33F3IN5. The number of guanidine groups is 1. The summed E-state index contributed by atoms with van der Waals surface area (Å²) in [5.41, 5.74) is 0. The fourth-order valence-corrected chi connectivity index (χ4v) is 4.56. The molecule has 0 aliphatic carbocycles. The van der Waals surface area contributed by atoms with Crippen LogP contribution in [0.4, 0.5) is 13.2 Å². The molecule has 0 aromatic carbocycles. The summed E-state index contributed by atoms with van der Waals surface area (Å²) in [5, 5.41) is 3.41. The molecule has 0 saturated carbocycles. The molecule has 0 radical (unpaired) electrons. The van der Waals surface area contributed by atoms with Crippen molar-refractivity contribution in [2.45, 2.75) is 44.3 Å². The number of nitrogens with zero attached hydrogens (tertiary/aromatic N) is 4. The third kappa shape index (κ3) is 6.92. The number of hydrogen-bond donors (Lipinski definition) is 1. The van der Waals surface area contributed by atoms with Crippen LogP contribution in [0, 0.1) is 5.92 Å². The average Bonchev–Trinajstić information content (AvgIpc) is 3.25. The van der Waals surface area contributed by atoms with Crippen LogP contribution in [0.2, 0.25) is 0 Å². The summed E-state index contributed by atoms with van der Waals surface area (Å²) in [7, 11) is 1.79. The van der Waals surface area contributed by atoms with Gasteiger partial charge in [0.15, 0.2) is 5.96 Å². The van der Waals surface area contributed by atoms with E-state index in [1.54, 1.807) is 7.05 Å². The van der Waals surface area contributed by atoms with Crippen LogP contribution >= 0.6 is 24.0 Å². The number of hydrogen-bond acceptors (Lipinski definition) is 3. The van der Waals surface area contributed by atoms with Crippen LogP contribution < -0.4 is 5.32 Å². The van der Waals surface area contributed by atoms with Crippen molar-refractivity contribution in [3.05, 3.63) is 0 Å². The molecule has 2 unspecified atom stereocenters. The zero-order valence-electron chi connectivity index (χ0n) is 16.2. The Morgan fingerprint density at radius 2 is 1.78 bits per heavy atom. The lowest BCUT2D eigenvalue weighted by molar-refractivity contribution is -0.143. The van der Waals surface area contributed by atoms with Crippen molar-refractivity contribution in [2.24, 2.45) is 10.9 Å². The van der Waals surface area contributed by atoms with Crippen LogP contribution in [0.25, 0.3) is 0 Å². The third-order valence-electron chi connectivity index (χ3n) is 5.90. The zero-order chi connectivity index (χ0) is 18.6. The van der Waals surface area contributed by atoms with E-state index in [1.165, 1.54) is 43.7 Å². The van der Waals surface area contributed by atoms with Crippen molar-refractivity contribution >= 4 is 29.9 Å². The van der Waals surface area contributed by atoms with Gasteiger partial charge in [0.25, 0.3) is 0 Å². The van der Waals surface area contributed by atoms with Gasteiger partial charge in [-0.05, 0) is 51.2 Å². The maximum Gasteiger partial charge on any atom is 0.401 e. The maximum absolute atomic E-state index is 12.5. The van der Waals surface area contributed by atoms with Gasteiger partial charge in [-0.1, -0.05) is 6.42 Å². The Bertz CT molecular complexity index is 482. The number of likely N-dealkylation sites (tertiary alicyclic amines) is 3. The van der Waals surface area contributed by atoms with Crippen LogP contribution in [-0.4, -0.2) is 92.3 Å². The molecule has 27 heavy (non-hydrogen) atoms. The fraction of sp³-hybridized carbons (Fsp3) is 0.944. The van der Waals surface area contributed by atoms with E-state index >= 15 is 0 Å². The lowest BCUT2D eigenvalue weighted by Crippen LogP contribution is -2.45. The standard InChI is InChI=1S/C18H32F3N5.HI/c1-22-17(23-11-15-5-9-24(12-15)14-18(19,20)21)26-10-6-16(13-26)25-7-3-2-4-8-25;/h15-16H,2-14H2,1H3,(H,22,23);1H. The highest BCUT2D eigenvalue weighted by Gasteiger charge is 2.35. The van der Waals surface area contributed by atoms with E-state index in [1.807, 2.05) is 0 Å². The van der Waals surface area contributed by atoms with E-state index in [9.17, 15) is 13.2 Å². The van der Waals surface area contributed by atoms with Crippen LogP contribution in [0.3, 0.4) is 0 Å². The molecular weight excluding hydrogens is 470 g/mol. The molecule has 9 heteroatoms. The van der Waals surface area contributed by atoms with Crippen molar-refractivity contribution in [2.75, 3.05) is 59.4 Å². The van der Waals surface area contributed by atoms with E-state index in [4.69, 9.17) is 0 Å². The molecule has 3 heterocycles. The molecule has 5 nitrogen and oxygen atoms in total. The molecule has 3 aliphatic rings. The minimum absolute atomic E-state index is 0. The minimum Gasteiger partial charge on any atom is -0.356 e. The number of halogens is 4. The van der Waals surface area contributed by atoms with Gasteiger partial charge in [0, 0.05) is 39.3 Å². The highest BCUT2D eigenvalue weighted by molar-refractivity contribution is 14.0. The second-order valence-electron chi connectivity index (χ2n) is 7.92. The maximum atomic E-state index is 12.5. The predicted octanol–water partition coefficient (Wildman–Crippen LogP) is 2.62. The number of aliphatic imine (C=N–C) groups is 1. The van der Waals surface area contributed by atoms with Gasteiger partial charge in [0.05, 0.1) is 6.54 Å². The van der Waals surface area contributed by atoms with Crippen molar-refractivity contribution in [3.8, 4) is 0 Å². The van der Waals surface area contributed by atoms with Crippen molar-refractivity contribution in [1.82, 2.24) is 20.0 Å². The summed E-state index contributed by atoms with van der Waals surface area (Å²) in [6.45, 7) is 5.39. The average molecular weight is 503 g/mol. The molecule has 0 aromatic heterocycles. The second kappa shape index (κ2) is 10.5. The van der Waals surface area contributed by atoms with E-state index in [-0.39, 0.29) is 29.9 Å². The Balaban J connectivity index is 0.00000261. The molecule has 2 atom stereocenters. The zero-order valence-corrected chi connectivity index (χ0v) is 18.5. The van der Waals surface area contributed by atoms with E-state index < -0.39 is 12.7 Å².